The molecule has 31 heavy (non-hydrogen) atoms. The van der Waals surface area contributed by atoms with Gasteiger partial charge in [-0.25, -0.2) is 4.98 Å². The van der Waals surface area contributed by atoms with E-state index in [1.165, 1.54) is 32.1 Å². The predicted octanol–water partition coefficient (Wildman–Crippen LogP) is 4.71. The van der Waals surface area contributed by atoms with Gasteiger partial charge in [0.05, 0.1) is 0 Å². The summed E-state index contributed by atoms with van der Waals surface area (Å²) < 4.78 is 0. The predicted molar refractivity (Wildman–Crippen MR) is 121 cm³/mol. The lowest BCUT2D eigenvalue weighted by molar-refractivity contribution is -0.123. The van der Waals surface area contributed by atoms with E-state index in [1.54, 1.807) is 12.3 Å². The van der Waals surface area contributed by atoms with E-state index in [1.807, 2.05) is 18.2 Å². The molecule has 1 aliphatic heterocycles. The van der Waals surface area contributed by atoms with E-state index in [-0.39, 0.29) is 17.2 Å². The fourth-order valence-corrected chi connectivity index (χ4v) is 7.86. The number of aromatic nitrogens is 1. The van der Waals surface area contributed by atoms with E-state index in [9.17, 15) is 9.59 Å². The smallest absolute Gasteiger partial charge is 0.243 e. The molecule has 0 bridgehead atoms. The third-order valence-electron chi connectivity index (χ3n) is 9.53. The Labute approximate surface area is 185 Å². The number of hydrogen-bond donors (Lipinski definition) is 2. The number of anilines is 1. The lowest BCUT2D eigenvalue weighted by Gasteiger charge is -2.59. The number of fused-ring (bicyclic) bond motifs is 5. The summed E-state index contributed by atoms with van der Waals surface area (Å²) in [6.07, 6.45) is 14.6. The van der Waals surface area contributed by atoms with Crippen molar-refractivity contribution in [1.29, 1.82) is 0 Å². The minimum Gasteiger partial charge on any atom is -0.349 e. The second-order valence-electron chi connectivity index (χ2n) is 10.8. The normalized spacial score (nSPS) is 41.0. The van der Waals surface area contributed by atoms with Crippen LogP contribution in [0.4, 0.5) is 5.82 Å². The van der Waals surface area contributed by atoms with Crippen LogP contribution in [0.15, 0.2) is 36.5 Å². The Kier molecular flexibility index (Phi) is 5.18. The average molecular weight is 422 g/mol. The van der Waals surface area contributed by atoms with E-state index in [0.29, 0.717) is 35.5 Å². The monoisotopic (exact) mass is 421 g/mol. The summed E-state index contributed by atoms with van der Waals surface area (Å²) in [6.45, 7) is 4.89. The van der Waals surface area contributed by atoms with Gasteiger partial charge in [0.25, 0.3) is 0 Å². The highest BCUT2D eigenvalue weighted by atomic mass is 16.2. The molecule has 1 aromatic heterocycles. The second kappa shape index (κ2) is 7.75. The molecule has 0 radical (unpaired) electrons. The van der Waals surface area contributed by atoms with E-state index in [0.717, 1.165) is 24.7 Å². The molecular weight excluding hydrogens is 386 g/mol. The maximum atomic E-state index is 12.5. The van der Waals surface area contributed by atoms with Crippen molar-refractivity contribution < 1.29 is 9.59 Å². The highest BCUT2D eigenvalue weighted by Crippen LogP contribution is 2.65. The molecule has 2 heterocycles. The third-order valence-corrected chi connectivity index (χ3v) is 9.53. The molecule has 3 fully saturated rings. The van der Waals surface area contributed by atoms with Crippen LogP contribution in [0.5, 0.6) is 0 Å². The fourth-order valence-electron chi connectivity index (χ4n) is 7.86. The third kappa shape index (κ3) is 3.50. The van der Waals surface area contributed by atoms with Crippen LogP contribution < -0.4 is 10.6 Å². The van der Waals surface area contributed by atoms with Crippen molar-refractivity contribution in [3.8, 4) is 0 Å². The van der Waals surface area contributed by atoms with Crippen molar-refractivity contribution in [3.05, 3.63) is 36.5 Å². The summed E-state index contributed by atoms with van der Waals surface area (Å²) in [5.74, 6) is 3.57. The number of carbonyl (C=O) groups excluding carboxylic acids is 2. The molecule has 0 aromatic carbocycles. The van der Waals surface area contributed by atoms with Gasteiger partial charge in [0.15, 0.2) is 0 Å². The number of carbonyl (C=O) groups is 2. The van der Waals surface area contributed by atoms with Crippen molar-refractivity contribution in [2.75, 3.05) is 5.32 Å². The first-order valence-corrected chi connectivity index (χ1v) is 12.1. The van der Waals surface area contributed by atoms with Gasteiger partial charge in [-0.15, -0.1) is 0 Å². The zero-order valence-corrected chi connectivity index (χ0v) is 18.8. The summed E-state index contributed by atoms with van der Waals surface area (Å²) in [4.78, 5) is 28.6. The molecule has 0 unspecified atom stereocenters. The van der Waals surface area contributed by atoms with Gasteiger partial charge in [-0.1, -0.05) is 26.0 Å². The molecular formula is C26H35N3O2. The largest absolute Gasteiger partial charge is 0.349 e. The molecule has 3 saturated carbocycles. The summed E-state index contributed by atoms with van der Waals surface area (Å²) in [6, 6.07) is 5.89. The van der Waals surface area contributed by atoms with Crippen molar-refractivity contribution >= 4 is 17.6 Å². The molecule has 5 rings (SSSR count). The molecule has 0 saturated heterocycles. The van der Waals surface area contributed by atoms with Crippen molar-refractivity contribution in [2.24, 2.45) is 34.5 Å². The number of hydrogen-bond acceptors (Lipinski definition) is 3. The standard InChI is InChI=1S/C26H35N3O2/c1-25-14-12-20-18(8-10-21-26(20,2)15-13-24(31)28-21)19(25)9-6-17(25)7-11-23(30)29-22-5-3-4-16-27-22/h3-5,13,15-21H,6-12,14H2,1-2H3,(H,28,31)(H,27,29,30)/t17-,18+,19+,20+,21-,25-,26-/m1/s1. The zero-order valence-electron chi connectivity index (χ0n) is 18.8. The lowest BCUT2D eigenvalue weighted by Crippen LogP contribution is -2.59. The van der Waals surface area contributed by atoms with Crippen LogP contribution in [0, 0.1) is 34.5 Å². The van der Waals surface area contributed by atoms with Gasteiger partial charge in [0.2, 0.25) is 11.8 Å². The molecule has 7 atom stereocenters. The Hall–Kier alpha value is -2.17. The highest BCUT2D eigenvalue weighted by molar-refractivity contribution is 5.89. The van der Waals surface area contributed by atoms with Crippen LogP contribution in [0.2, 0.25) is 0 Å². The van der Waals surface area contributed by atoms with Crippen molar-refractivity contribution in [3.63, 3.8) is 0 Å². The molecule has 2 N–H and O–H groups in total. The first-order valence-electron chi connectivity index (χ1n) is 12.1. The fraction of sp³-hybridized carbons (Fsp3) is 0.654. The van der Waals surface area contributed by atoms with Gasteiger partial charge in [0.1, 0.15) is 5.82 Å². The van der Waals surface area contributed by atoms with Crippen LogP contribution in [-0.2, 0) is 9.59 Å². The van der Waals surface area contributed by atoms with Crippen LogP contribution in [0.25, 0.3) is 0 Å². The quantitative estimate of drug-likeness (QED) is 0.739. The second-order valence-corrected chi connectivity index (χ2v) is 10.8. The van der Waals surface area contributed by atoms with Crippen molar-refractivity contribution in [2.45, 2.75) is 71.3 Å². The first-order chi connectivity index (χ1) is 14.9. The molecule has 166 valence electrons. The highest BCUT2D eigenvalue weighted by Gasteiger charge is 2.59. The Morgan fingerprint density at radius 1 is 1.16 bits per heavy atom. The summed E-state index contributed by atoms with van der Waals surface area (Å²) in [7, 11) is 0. The molecule has 3 aliphatic carbocycles. The summed E-state index contributed by atoms with van der Waals surface area (Å²) >= 11 is 0. The SMILES string of the molecule is C[C@]12C=CC(=O)N[C@@H]1CC[C@@H]1[C@@H]2CC[C@]2(C)[C@@H](CCC(=O)Nc3ccccn3)CC[C@@H]12. The number of amides is 2. The van der Waals surface area contributed by atoms with E-state index >= 15 is 0 Å². The van der Waals surface area contributed by atoms with Crippen LogP contribution in [-0.4, -0.2) is 22.8 Å². The van der Waals surface area contributed by atoms with Crippen LogP contribution in [0.3, 0.4) is 0 Å². The van der Waals surface area contributed by atoms with Gasteiger partial charge in [-0.05, 0) is 92.2 Å². The summed E-state index contributed by atoms with van der Waals surface area (Å²) in [5.41, 5.74) is 0.441. The molecule has 1 aromatic rings. The van der Waals surface area contributed by atoms with Crippen molar-refractivity contribution in [1.82, 2.24) is 10.3 Å². The average Bonchev–Trinajstić information content (AvgIpc) is 3.10. The lowest BCUT2D eigenvalue weighted by atomic mass is 9.48. The number of nitrogens with one attached hydrogen (secondary N) is 2. The molecule has 5 nitrogen and oxygen atoms in total. The van der Waals surface area contributed by atoms with Gasteiger partial charge < -0.3 is 10.6 Å². The minimum absolute atomic E-state index is 0.0754. The van der Waals surface area contributed by atoms with Gasteiger partial charge in [0, 0.05) is 24.1 Å². The van der Waals surface area contributed by atoms with Crippen LogP contribution in [0.1, 0.15) is 65.2 Å². The molecule has 4 aliphatic rings. The topological polar surface area (TPSA) is 71.1 Å². The Balaban J connectivity index is 1.25. The van der Waals surface area contributed by atoms with Gasteiger partial charge in [-0.2, -0.15) is 0 Å². The molecule has 2 amide bonds. The van der Waals surface area contributed by atoms with E-state index in [4.69, 9.17) is 0 Å². The van der Waals surface area contributed by atoms with Gasteiger partial charge in [-0.3, -0.25) is 9.59 Å². The van der Waals surface area contributed by atoms with E-state index in [2.05, 4.69) is 35.5 Å². The molecule has 5 heteroatoms. The minimum atomic E-state index is 0.0754. The number of pyridine rings is 1. The van der Waals surface area contributed by atoms with Gasteiger partial charge >= 0.3 is 0 Å². The van der Waals surface area contributed by atoms with E-state index < -0.39 is 0 Å². The first kappa shape index (κ1) is 20.7. The maximum Gasteiger partial charge on any atom is 0.243 e. The Bertz CT molecular complexity index is 884. The Morgan fingerprint density at radius 2 is 2.03 bits per heavy atom. The maximum absolute atomic E-state index is 12.5. The summed E-state index contributed by atoms with van der Waals surface area (Å²) in [5, 5.41) is 6.19. The van der Waals surface area contributed by atoms with Crippen LogP contribution >= 0.6 is 0 Å². The Morgan fingerprint density at radius 3 is 2.84 bits per heavy atom. The number of rotatable bonds is 4. The molecule has 0 spiro atoms. The zero-order chi connectivity index (χ0) is 21.6. The number of nitrogens with zero attached hydrogens (tertiary/aromatic N) is 1.